The van der Waals surface area contributed by atoms with E-state index in [2.05, 4.69) is 15.3 Å². The second kappa shape index (κ2) is 4.85. The Hall–Kier alpha value is -2.14. The number of nitrogens with one attached hydrogen (secondary N) is 1. The number of rotatable bonds is 3. The van der Waals surface area contributed by atoms with Crippen LogP contribution in [-0.2, 0) is 0 Å². The highest BCUT2D eigenvalue weighted by Gasteiger charge is 2.07. The number of fused-ring (bicyclic) bond motifs is 1. The summed E-state index contributed by atoms with van der Waals surface area (Å²) in [6, 6.07) is 9.16. The number of hydrogen-bond acceptors (Lipinski definition) is 5. The minimum Gasteiger partial charge on any atom is -0.508 e. The third-order valence-electron chi connectivity index (χ3n) is 2.74. The Morgan fingerprint density at radius 2 is 2.16 bits per heavy atom. The Balaban J connectivity index is 1.99. The van der Waals surface area contributed by atoms with Gasteiger partial charge in [-0.2, -0.15) is 0 Å². The maximum absolute atomic E-state index is 9.46. The molecule has 2 heterocycles. The first-order valence-corrected chi connectivity index (χ1v) is 6.88. The maximum atomic E-state index is 9.46. The van der Waals surface area contributed by atoms with Crippen molar-refractivity contribution in [1.29, 1.82) is 0 Å². The van der Waals surface area contributed by atoms with Crippen LogP contribution >= 0.6 is 11.3 Å². The van der Waals surface area contributed by atoms with E-state index < -0.39 is 0 Å². The number of pyridine rings is 1. The summed E-state index contributed by atoms with van der Waals surface area (Å²) in [7, 11) is 0. The van der Waals surface area contributed by atoms with E-state index in [-0.39, 0.29) is 5.75 Å². The molecular formula is C14H13N3OS. The van der Waals surface area contributed by atoms with Gasteiger partial charge in [-0.3, -0.25) is 0 Å². The van der Waals surface area contributed by atoms with Crippen LogP contribution in [0.3, 0.4) is 0 Å². The molecule has 1 aromatic carbocycles. The van der Waals surface area contributed by atoms with Crippen LogP contribution in [-0.4, -0.2) is 21.6 Å². The molecule has 0 fully saturated rings. The number of hydrogen-bond donors (Lipinski definition) is 2. The van der Waals surface area contributed by atoms with Gasteiger partial charge in [-0.05, 0) is 37.3 Å². The van der Waals surface area contributed by atoms with Crippen LogP contribution in [0.5, 0.6) is 5.75 Å². The summed E-state index contributed by atoms with van der Waals surface area (Å²) in [4.78, 5) is 8.89. The van der Waals surface area contributed by atoms with Crippen molar-refractivity contribution in [3.05, 3.63) is 36.5 Å². The highest BCUT2D eigenvalue weighted by Crippen LogP contribution is 2.31. The third-order valence-corrected chi connectivity index (χ3v) is 3.81. The number of phenolic OH excluding ortho intramolecular Hbond substituents is 1. The van der Waals surface area contributed by atoms with Crippen molar-refractivity contribution in [2.24, 2.45) is 0 Å². The van der Waals surface area contributed by atoms with Crippen LogP contribution in [0.4, 0.5) is 5.82 Å². The average Bonchev–Trinajstić information content (AvgIpc) is 2.83. The van der Waals surface area contributed by atoms with Crippen molar-refractivity contribution in [2.75, 3.05) is 11.9 Å². The lowest BCUT2D eigenvalue weighted by molar-refractivity contribution is 0.476. The van der Waals surface area contributed by atoms with E-state index in [0.717, 1.165) is 33.2 Å². The lowest BCUT2D eigenvalue weighted by Gasteiger charge is -2.01. The van der Waals surface area contributed by atoms with Gasteiger partial charge in [0.1, 0.15) is 16.6 Å². The normalized spacial score (nSPS) is 10.8. The lowest BCUT2D eigenvalue weighted by Crippen LogP contribution is -1.98. The first kappa shape index (κ1) is 11.9. The number of benzene rings is 1. The SMILES string of the molecule is CCNc1ccc(-c2nc3ccc(O)cc3s2)cn1. The third kappa shape index (κ3) is 2.37. The summed E-state index contributed by atoms with van der Waals surface area (Å²) in [6.07, 6.45) is 1.82. The Kier molecular flexibility index (Phi) is 3.05. The van der Waals surface area contributed by atoms with Gasteiger partial charge >= 0.3 is 0 Å². The molecule has 0 spiro atoms. The minimum atomic E-state index is 0.267. The number of anilines is 1. The van der Waals surface area contributed by atoms with Crippen LogP contribution in [0.2, 0.25) is 0 Å². The Labute approximate surface area is 114 Å². The van der Waals surface area contributed by atoms with Crippen LogP contribution in [0.1, 0.15) is 6.92 Å². The first-order chi connectivity index (χ1) is 9.26. The fourth-order valence-corrected chi connectivity index (χ4v) is 2.83. The molecule has 96 valence electrons. The summed E-state index contributed by atoms with van der Waals surface area (Å²) >= 11 is 1.55. The number of aromatic hydroxyl groups is 1. The molecule has 5 heteroatoms. The van der Waals surface area contributed by atoms with Gasteiger partial charge in [0, 0.05) is 18.3 Å². The summed E-state index contributed by atoms with van der Waals surface area (Å²) in [5.74, 6) is 1.13. The minimum absolute atomic E-state index is 0.267. The predicted octanol–water partition coefficient (Wildman–Crippen LogP) is 3.50. The molecule has 0 amide bonds. The van der Waals surface area contributed by atoms with Crippen LogP contribution in [0.15, 0.2) is 36.5 Å². The van der Waals surface area contributed by atoms with Gasteiger partial charge in [0.2, 0.25) is 0 Å². The summed E-state index contributed by atoms with van der Waals surface area (Å²) in [5.41, 5.74) is 1.89. The zero-order valence-electron chi connectivity index (χ0n) is 10.4. The largest absolute Gasteiger partial charge is 0.508 e. The van der Waals surface area contributed by atoms with Gasteiger partial charge in [-0.25, -0.2) is 9.97 Å². The second-order valence-corrected chi connectivity index (χ2v) is 5.16. The second-order valence-electron chi connectivity index (χ2n) is 4.13. The molecule has 3 aromatic rings. The Morgan fingerprint density at radius 3 is 2.89 bits per heavy atom. The molecule has 0 aliphatic rings. The smallest absolute Gasteiger partial charge is 0.126 e. The van der Waals surface area contributed by atoms with E-state index in [1.807, 2.05) is 31.3 Å². The van der Waals surface area contributed by atoms with E-state index >= 15 is 0 Å². The van der Waals surface area contributed by atoms with Gasteiger partial charge in [-0.1, -0.05) is 0 Å². The van der Waals surface area contributed by atoms with Gasteiger partial charge in [0.25, 0.3) is 0 Å². The lowest BCUT2D eigenvalue weighted by atomic mass is 10.3. The van der Waals surface area contributed by atoms with Crippen molar-refractivity contribution in [3.8, 4) is 16.3 Å². The average molecular weight is 271 g/mol. The molecular weight excluding hydrogens is 258 g/mol. The molecule has 0 radical (unpaired) electrons. The van der Waals surface area contributed by atoms with Gasteiger partial charge in [-0.15, -0.1) is 11.3 Å². The molecule has 0 unspecified atom stereocenters. The molecule has 0 aliphatic heterocycles. The van der Waals surface area contributed by atoms with Crippen LogP contribution in [0.25, 0.3) is 20.8 Å². The van der Waals surface area contributed by atoms with E-state index in [9.17, 15) is 5.11 Å². The van der Waals surface area contributed by atoms with Gasteiger partial charge in [0.15, 0.2) is 0 Å². The van der Waals surface area contributed by atoms with Gasteiger partial charge in [0.05, 0.1) is 10.2 Å². The summed E-state index contributed by atoms with van der Waals surface area (Å²) < 4.78 is 0.978. The van der Waals surface area contributed by atoms with Crippen molar-refractivity contribution in [3.63, 3.8) is 0 Å². The molecule has 0 bridgehead atoms. The molecule has 4 nitrogen and oxygen atoms in total. The fraction of sp³-hybridized carbons (Fsp3) is 0.143. The highest BCUT2D eigenvalue weighted by atomic mass is 32.1. The van der Waals surface area contributed by atoms with E-state index in [1.54, 1.807) is 23.5 Å². The van der Waals surface area contributed by atoms with Crippen molar-refractivity contribution >= 4 is 27.4 Å². The fourth-order valence-electron chi connectivity index (χ4n) is 1.84. The van der Waals surface area contributed by atoms with Crippen LogP contribution in [0, 0.1) is 0 Å². The topological polar surface area (TPSA) is 58.0 Å². The summed E-state index contributed by atoms with van der Waals surface area (Å²) in [6.45, 7) is 2.89. The zero-order valence-corrected chi connectivity index (χ0v) is 11.2. The number of thiazole rings is 1. The van der Waals surface area contributed by atoms with E-state index in [0.29, 0.717) is 0 Å². The van der Waals surface area contributed by atoms with Crippen LogP contribution < -0.4 is 5.32 Å². The zero-order chi connectivity index (χ0) is 13.2. The van der Waals surface area contributed by atoms with E-state index in [1.165, 1.54) is 0 Å². The Bertz CT molecular complexity index is 706. The molecule has 3 rings (SSSR count). The monoisotopic (exact) mass is 271 g/mol. The highest BCUT2D eigenvalue weighted by molar-refractivity contribution is 7.21. The molecule has 19 heavy (non-hydrogen) atoms. The van der Waals surface area contributed by atoms with Crippen molar-refractivity contribution in [1.82, 2.24) is 9.97 Å². The molecule has 0 saturated heterocycles. The number of nitrogens with zero attached hydrogens (tertiary/aromatic N) is 2. The molecule has 2 N–H and O–H groups in total. The standard InChI is InChI=1S/C14H13N3OS/c1-2-15-13-6-3-9(8-16-13)14-17-11-5-4-10(18)7-12(11)19-14/h3-8,18H,2H2,1H3,(H,15,16). The summed E-state index contributed by atoms with van der Waals surface area (Å²) in [5, 5.41) is 13.5. The number of phenols is 1. The predicted molar refractivity (Wildman–Crippen MR) is 78.7 cm³/mol. The quantitative estimate of drug-likeness (QED) is 0.765. The van der Waals surface area contributed by atoms with Crippen molar-refractivity contribution < 1.29 is 5.11 Å². The van der Waals surface area contributed by atoms with E-state index in [4.69, 9.17) is 0 Å². The Morgan fingerprint density at radius 1 is 1.26 bits per heavy atom. The van der Waals surface area contributed by atoms with Gasteiger partial charge < -0.3 is 10.4 Å². The molecule has 0 saturated carbocycles. The van der Waals surface area contributed by atoms with Crippen molar-refractivity contribution in [2.45, 2.75) is 6.92 Å². The molecule has 2 aromatic heterocycles. The molecule has 0 aliphatic carbocycles. The maximum Gasteiger partial charge on any atom is 0.126 e. The number of aromatic nitrogens is 2. The first-order valence-electron chi connectivity index (χ1n) is 6.06. The molecule has 0 atom stereocenters.